The van der Waals surface area contributed by atoms with Crippen molar-refractivity contribution in [2.24, 2.45) is 0 Å². The number of nitrogens with one attached hydrogen (secondary N) is 2. The highest BCUT2D eigenvalue weighted by atomic mass is 31.0. The number of aliphatic hydroxyl groups is 1. The van der Waals surface area contributed by atoms with Crippen LogP contribution in [0.1, 0.15) is 31.7 Å². The van der Waals surface area contributed by atoms with E-state index >= 15 is 4.39 Å². The highest BCUT2D eigenvalue weighted by Gasteiger charge is 2.36. The maximum Gasteiger partial charge on any atom is 0.414 e. The maximum atomic E-state index is 15.2. The molecular weight excluding hydrogens is 635 g/mol. The molecule has 16 heteroatoms. The lowest BCUT2D eigenvalue weighted by molar-refractivity contribution is -0.113. The number of aryl methyl sites for hydroxylation is 1. The largest absolute Gasteiger partial charge is 0.447 e. The number of amides is 2. The third kappa shape index (κ3) is 9.14. The third-order valence-corrected chi connectivity index (χ3v) is 7.86. The normalized spacial score (nSPS) is 17.5. The summed E-state index contributed by atoms with van der Waals surface area (Å²) in [7, 11) is 2.98. The number of benzene rings is 1. The van der Waals surface area contributed by atoms with E-state index in [-0.39, 0.29) is 18.2 Å². The van der Waals surface area contributed by atoms with Crippen molar-refractivity contribution in [1.82, 2.24) is 15.3 Å². The van der Waals surface area contributed by atoms with Gasteiger partial charge in [0.05, 0.1) is 29.7 Å². The zero-order chi connectivity index (χ0) is 34.7. The first kappa shape index (κ1) is 37.1. The van der Waals surface area contributed by atoms with Gasteiger partial charge in [-0.15, -0.1) is 12.8 Å². The van der Waals surface area contributed by atoms with Crippen LogP contribution in [0.5, 0.6) is 0 Å². The molecule has 0 radical (unpaired) electrons. The van der Waals surface area contributed by atoms with Crippen molar-refractivity contribution in [3.8, 4) is 12.8 Å². The fraction of sp³-hybridized carbons (Fsp3) is 0.419. The number of Topliss-reactive ketones (excluding diaryl/α,β-unsaturated/α-hetero) is 1. The Morgan fingerprint density at radius 3 is 2.32 bits per heavy atom. The Bertz CT molecular complexity index is 1480. The molecule has 3 fully saturated rings. The number of hydrazine groups is 1. The van der Waals surface area contributed by atoms with Gasteiger partial charge in [-0.1, -0.05) is 6.07 Å². The Balaban J connectivity index is 0.000000688. The predicted octanol–water partition coefficient (Wildman–Crippen LogP) is 2.55. The van der Waals surface area contributed by atoms with E-state index in [1.807, 2.05) is 9.91 Å². The molecule has 6 rings (SSSR count). The van der Waals surface area contributed by atoms with Crippen LogP contribution in [-0.4, -0.2) is 90.3 Å². The molecule has 254 valence electrons. The Morgan fingerprint density at radius 1 is 1.13 bits per heavy atom. The van der Waals surface area contributed by atoms with E-state index in [4.69, 9.17) is 14.4 Å². The first-order valence-corrected chi connectivity index (χ1v) is 15.3. The number of anilines is 4. The van der Waals surface area contributed by atoms with Crippen molar-refractivity contribution in [2.45, 2.75) is 38.2 Å². The van der Waals surface area contributed by atoms with E-state index in [0.29, 0.717) is 80.2 Å². The van der Waals surface area contributed by atoms with Crippen molar-refractivity contribution in [3.05, 3.63) is 53.4 Å². The van der Waals surface area contributed by atoms with Crippen LogP contribution in [0, 0.1) is 24.5 Å². The minimum Gasteiger partial charge on any atom is -0.447 e. The lowest BCUT2D eigenvalue weighted by Gasteiger charge is -2.39. The second-order valence-electron chi connectivity index (χ2n) is 10.8. The Kier molecular flexibility index (Phi) is 13.4. The van der Waals surface area contributed by atoms with Crippen molar-refractivity contribution >= 4 is 50.8 Å². The molecule has 2 amide bonds. The number of pyridine rings is 1. The molecule has 13 nitrogen and oxygen atoms in total. The second-order valence-corrected chi connectivity index (χ2v) is 10.8. The number of cyclic esters (lactones) is 1. The molecule has 1 aromatic heterocycles. The first-order chi connectivity index (χ1) is 22.6. The molecule has 1 unspecified atom stereocenters. The van der Waals surface area contributed by atoms with Crippen molar-refractivity contribution in [3.63, 3.8) is 0 Å². The van der Waals surface area contributed by atoms with E-state index < -0.39 is 23.3 Å². The molecular formula is C31H40F2N7O6P. The number of ether oxygens (including phenoxy) is 1. The van der Waals surface area contributed by atoms with Gasteiger partial charge in [0.1, 0.15) is 18.1 Å². The summed E-state index contributed by atoms with van der Waals surface area (Å²) in [6.07, 6.45) is 11.3. The van der Waals surface area contributed by atoms with Gasteiger partial charge < -0.3 is 30.3 Å². The maximum absolute atomic E-state index is 15.2. The van der Waals surface area contributed by atoms with Gasteiger partial charge in [0.25, 0.3) is 0 Å². The smallest absolute Gasteiger partial charge is 0.414 e. The quantitative estimate of drug-likeness (QED) is 0.142. The first-order valence-electron chi connectivity index (χ1n) is 14.8. The molecule has 4 aliphatic heterocycles. The number of piperidine rings is 1. The van der Waals surface area contributed by atoms with Gasteiger partial charge >= 0.3 is 6.09 Å². The zero-order valence-corrected chi connectivity index (χ0v) is 27.4. The van der Waals surface area contributed by atoms with Crippen LogP contribution in [0.25, 0.3) is 0 Å². The van der Waals surface area contributed by atoms with E-state index in [1.54, 1.807) is 30.4 Å². The van der Waals surface area contributed by atoms with Crippen molar-refractivity contribution in [1.29, 1.82) is 0 Å². The van der Waals surface area contributed by atoms with Crippen LogP contribution >= 0.6 is 9.47 Å². The standard InChI is InChI=1S/C27H30F2N6O4.C2H5NO.C2H2.H3OP/c1-17(36)23-16-35(33-10-11-33)25-22(30-23)15-21(29)24(31-25)32-8-6-27(38,7-9-32)5-4-18-2-3-19(14-20(18)28)34-12-13-39-26(34)37;1-3-2-4;2*1-2/h2-3,14-16,30,38H,4-13H2,1H3;2H,1H3,(H,3,4);1-2H;1H,2H2. The number of carbonyl (C=O) groups excluding carboxylic acids is 3. The van der Waals surface area contributed by atoms with Crippen LogP contribution in [-0.2, 0) is 20.7 Å². The number of halogens is 2. The van der Waals surface area contributed by atoms with E-state index in [9.17, 15) is 19.1 Å². The molecule has 5 heterocycles. The summed E-state index contributed by atoms with van der Waals surface area (Å²) in [6.45, 7) is 4.54. The molecule has 47 heavy (non-hydrogen) atoms. The summed E-state index contributed by atoms with van der Waals surface area (Å²) in [6, 6.07) is 6.01. The summed E-state index contributed by atoms with van der Waals surface area (Å²) < 4.78 is 34.9. The third-order valence-electron chi connectivity index (χ3n) is 7.86. The molecule has 0 bridgehead atoms. The van der Waals surface area contributed by atoms with E-state index in [0.717, 1.165) is 13.1 Å². The molecule has 0 spiro atoms. The van der Waals surface area contributed by atoms with Crippen molar-refractivity contribution < 1.29 is 37.9 Å². The number of carbonyl (C=O) groups is 3. The lowest BCUT2D eigenvalue weighted by Crippen LogP contribution is -2.45. The van der Waals surface area contributed by atoms with E-state index in [2.05, 4.69) is 28.5 Å². The van der Waals surface area contributed by atoms with E-state index in [1.165, 1.54) is 33.4 Å². The fourth-order valence-corrected chi connectivity index (χ4v) is 5.26. The number of terminal acetylenes is 1. The minimum atomic E-state index is -1.02. The van der Waals surface area contributed by atoms with Gasteiger partial charge in [-0.05, 0) is 52.8 Å². The lowest BCUT2D eigenvalue weighted by atomic mass is 9.85. The number of allylic oxidation sites excluding steroid dienone is 1. The monoisotopic (exact) mass is 675 g/mol. The zero-order valence-electron chi connectivity index (χ0n) is 26.3. The number of ketones is 1. The van der Waals surface area contributed by atoms with Crippen LogP contribution in [0.4, 0.5) is 36.6 Å². The summed E-state index contributed by atoms with van der Waals surface area (Å²) >= 11 is 0. The van der Waals surface area contributed by atoms with Gasteiger partial charge in [0, 0.05) is 46.2 Å². The van der Waals surface area contributed by atoms with Crippen LogP contribution in [0.2, 0.25) is 0 Å². The molecule has 4 N–H and O–H groups in total. The summed E-state index contributed by atoms with van der Waals surface area (Å²) in [5.41, 5.74) is 0.697. The van der Waals surface area contributed by atoms with Crippen molar-refractivity contribution in [2.75, 3.05) is 66.5 Å². The van der Waals surface area contributed by atoms with Gasteiger partial charge in [-0.25, -0.2) is 23.6 Å². The van der Waals surface area contributed by atoms with Gasteiger partial charge in [0.2, 0.25) is 6.41 Å². The minimum absolute atomic E-state index is 0.153. The number of hydrogen-bond acceptors (Lipinski definition) is 11. The molecule has 0 aliphatic carbocycles. The molecule has 2 aromatic rings. The summed E-state index contributed by atoms with van der Waals surface area (Å²) in [4.78, 5) is 47.5. The molecule has 0 saturated carbocycles. The number of nitrogens with zero attached hydrogens (tertiary/aromatic N) is 5. The molecule has 1 atom stereocenters. The van der Waals surface area contributed by atoms with Crippen LogP contribution in [0.3, 0.4) is 0 Å². The fourth-order valence-electron chi connectivity index (χ4n) is 5.26. The number of rotatable bonds is 8. The SMILES string of the molecule is C#C.CC(=O)C1=CN(N2CC2)c2nc(N3CCC(O)(CCc4ccc(N5CCOC5=O)cc4F)CC3)c(F)cc2N1.CNC=O.OP. The average molecular weight is 676 g/mol. The molecule has 1 aromatic carbocycles. The highest BCUT2D eigenvalue weighted by molar-refractivity contribution is 7.08. The van der Waals surface area contributed by atoms with Crippen LogP contribution < -0.4 is 25.4 Å². The molecule has 3 saturated heterocycles. The van der Waals surface area contributed by atoms with Gasteiger partial charge in [-0.3, -0.25) is 19.5 Å². The van der Waals surface area contributed by atoms with Gasteiger partial charge in [-0.2, -0.15) is 0 Å². The number of fused-ring (bicyclic) bond motifs is 1. The number of hydrogen-bond donors (Lipinski definition) is 4. The molecule has 4 aliphatic rings. The summed E-state index contributed by atoms with van der Waals surface area (Å²) in [5.74, 6) is -0.368. The van der Waals surface area contributed by atoms with Gasteiger partial charge in [0.15, 0.2) is 23.2 Å². The summed E-state index contributed by atoms with van der Waals surface area (Å²) in [5, 5.41) is 20.2. The number of aromatic nitrogens is 1. The predicted molar refractivity (Wildman–Crippen MR) is 177 cm³/mol. The Hall–Kier alpha value is -4.35. The Labute approximate surface area is 274 Å². The Morgan fingerprint density at radius 2 is 1.79 bits per heavy atom. The average Bonchev–Trinajstić information content (AvgIpc) is 3.85. The second kappa shape index (κ2) is 17.0. The van der Waals surface area contributed by atoms with Crippen LogP contribution in [0.15, 0.2) is 36.2 Å². The topological polar surface area (TPSA) is 151 Å². The highest BCUT2D eigenvalue weighted by Crippen LogP contribution is 2.38.